The van der Waals surface area contributed by atoms with E-state index in [0.717, 1.165) is 12.1 Å². The first kappa shape index (κ1) is 20.3. The molecule has 0 saturated carbocycles. The van der Waals surface area contributed by atoms with Gasteiger partial charge in [0.25, 0.3) is 0 Å². The lowest BCUT2D eigenvalue weighted by atomic mass is 9.78. The molecule has 0 atom stereocenters. The number of carbonyl (C=O) groups is 2. The molecule has 26 heavy (non-hydrogen) atoms. The largest absolute Gasteiger partial charge is 0.384 e. The summed E-state index contributed by atoms with van der Waals surface area (Å²) in [7, 11) is 1.54. The van der Waals surface area contributed by atoms with E-state index in [4.69, 9.17) is 4.74 Å². The molecule has 2 N–H and O–H groups in total. The second-order valence-electron chi connectivity index (χ2n) is 6.43. The van der Waals surface area contributed by atoms with Gasteiger partial charge in [0.15, 0.2) is 0 Å². The molecule has 1 fully saturated rings. The Morgan fingerprint density at radius 3 is 2.42 bits per heavy atom. The van der Waals surface area contributed by atoms with E-state index in [1.54, 1.807) is 14.0 Å². The van der Waals surface area contributed by atoms with Crippen LogP contribution in [0.25, 0.3) is 0 Å². The smallest absolute Gasteiger partial charge is 0.244 e. The summed E-state index contributed by atoms with van der Waals surface area (Å²) in [6.07, 6.45) is 1.22. The number of para-hydroxylation sites is 1. The van der Waals surface area contributed by atoms with Gasteiger partial charge in [0.1, 0.15) is 17.3 Å². The number of nitrogens with one attached hydrogen (secondary N) is 2. The molecule has 1 heterocycles. The summed E-state index contributed by atoms with van der Waals surface area (Å²) in [5.41, 5.74) is -1.19. The van der Waals surface area contributed by atoms with Gasteiger partial charge in [0.05, 0.1) is 18.6 Å². The monoisotopic (exact) mass is 369 g/mol. The number of piperidine rings is 1. The Balaban J connectivity index is 2.09. The highest BCUT2D eigenvalue weighted by Gasteiger charge is 2.42. The van der Waals surface area contributed by atoms with Crippen LogP contribution in [0.2, 0.25) is 0 Å². The lowest BCUT2D eigenvalue weighted by Crippen LogP contribution is -2.53. The van der Waals surface area contributed by atoms with Crippen LogP contribution in [0, 0.1) is 17.0 Å². The topological polar surface area (TPSA) is 70.7 Å². The van der Waals surface area contributed by atoms with Gasteiger partial charge >= 0.3 is 0 Å². The van der Waals surface area contributed by atoms with Crippen molar-refractivity contribution >= 4 is 17.5 Å². The summed E-state index contributed by atoms with van der Waals surface area (Å²) in [4.78, 5) is 26.7. The van der Waals surface area contributed by atoms with Gasteiger partial charge in [-0.3, -0.25) is 9.59 Å². The molecule has 2 rings (SSSR count). The number of carbonyl (C=O) groups excluding carboxylic acids is 2. The lowest BCUT2D eigenvalue weighted by Gasteiger charge is -2.39. The van der Waals surface area contributed by atoms with Gasteiger partial charge in [0, 0.05) is 13.7 Å². The van der Waals surface area contributed by atoms with E-state index >= 15 is 0 Å². The van der Waals surface area contributed by atoms with Crippen molar-refractivity contribution in [1.82, 2.24) is 10.2 Å². The van der Waals surface area contributed by atoms with Crippen molar-refractivity contribution in [3.8, 4) is 0 Å². The van der Waals surface area contributed by atoms with Gasteiger partial charge in [-0.05, 0) is 45.0 Å². The number of hydrogen-bond acceptors (Lipinski definition) is 4. The van der Waals surface area contributed by atoms with Gasteiger partial charge in [-0.25, -0.2) is 8.78 Å². The minimum atomic E-state index is -0.859. The van der Waals surface area contributed by atoms with Gasteiger partial charge in [-0.1, -0.05) is 6.07 Å². The van der Waals surface area contributed by atoms with Gasteiger partial charge in [-0.2, -0.15) is 0 Å². The Morgan fingerprint density at radius 2 is 1.88 bits per heavy atom. The molecule has 1 aliphatic rings. The average Bonchev–Trinajstić information content (AvgIpc) is 2.63. The Hall–Kier alpha value is -2.06. The maximum atomic E-state index is 13.7. The van der Waals surface area contributed by atoms with Crippen LogP contribution < -0.4 is 10.6 Å². The van der Waals surface area contributed by atoms with Crippen LogP contribution >= 0.6 is 0 Å². The van der Waals surface area contributed by atoms with Crippen molar-refractivity contribution in [1.29, 1.82) is 0 Å². The number of likely N-dealkylation sites (N-methyl/N-ethyl adjacent to an activating group) is 1. The van der Waals surface area contributed by atoms with Crippen molar-refractivity contribution in [2.75, 3.05) is 45.2 Å². The first-order valence-electron chi connectivity index (χ1n) is 8.66. The first-order valence-corrected chi connectivity index (χ1v) is 8.66. The zero-order valence-electron chi connectivity index (χ0n) is 15.1. The molecule has 0 spiro atoms. The fourth-order valence-electron chi connectivity index (χ4n) is 3.23. The van der Waals surface area contributed by atoms with Crippen LogP contribution in [0.1, 0.15) is 19.8 Å². The molecule has 0 aliphatic carbocycles. The molecule has 1 aromatic carbocycles. The van der Waals surface area contributed by atoms with Gasteiger partial charge < -0.3 is 20.3 Å². The molecule has 8 heteroatoms. The molecule has 144 valence electrons. The molecule has 1 saturated heterocycles. The Kier molecular flexibility index (Phi) is 7.05. The maximum absolute atomic E-state index is 13.7. The maximum Gasteiger partial charge on any atom is 0.244 e. The second kappa shape index (κ2) is 9.05. The number of benzene rings is 1. The summed E-state index contributed by atoms with van der Waals surface area (Å²) in [5, 5.41) is 5.43. The van der Waals surface area contributed by atoms with Gasteiger partial charge in [-0.15, -0.1) is 0 Å². The van der Waals surface area contributed by atoms with E-state index in [9.17, 15) is 18.4 Å². The minimum absolute atomic E-state index is 0.174. The molecule has 6 nitrogen and oxygen atoms in total. The molecule has 1 aromatic rings. The average molecular weight is 369 g/mol. The predicted molar refractivity (Wildman–Crippen MR) is 93.7 cm³/mol. The number of nitrogens with zero attached hydrogens (tertiary/aromatic N) is 1. The highest BCUT2D eigenvalue weighted by atomic mass is 19.1. The predicted octanol–water partition coefficient (Wildman–Crippen LogP) is 1.77. The van der Waals surface area contributed by atoms with Crippen molar-refractivity contribution < 1.29 is 23.1 Å². The van der Waals surface area contributed by atoms with Crippen LogP contribution in [0.4, 0.5) is 14.5 Å². The van der Waals surface area contributed by atoms with Crippen LogP contribution in [0.5, 0.6) is 0 Å². The Labute approximate surface area is 151 Å². The van der Waals surface area contributed by atoms with E-state index < -0.39 is 28.6 Å². The highest BCUT2D eigenvalue weighted by Crippen LogP contribution is 2.31. The van der Waals surface area contributed by atoms with Crippen LogP contribution in [0.3, 0.4) is 0 Å². The summed E-state index contributed by atoms with van der Waals surface area (Å²) >= 11 is 0. The Morgan fingerprint density at radius 1 is 1.27 bits per heavy atom. The third-order valence-corrected chi connectivity index (χ3v) is 4.67. The van der Waals surface area contributed by atoms with Gasteiger partial charge in [0.2, 0.25) is 11.8 Å². The highest BCUT2D eigenvalue weighted by molar-refractivity contribution is 5.95. The zero-order chi connectivity index (χ0) is 19.2. The molecular weight excluding hydrogens is 344 g/mol. The SMILES string of the molecule is CCN(CC(=O)Nc1c(F)cccc1F)C(=O)C1(COC)CCNCC1. The zero-order valence-corrected chi connectivity index (χ0v) is 15.1. The standard InChI is InChI=1S/C18H25F2N3O3/c1-3-23(17(25)18(12-26-2)7-9-21-10-8-18)11-15(24)22-16-13(19)5-4-6-14(16)20/h4-6,21H,3,7-12H2,1-2H3,(H,22,24). The fraction of sp³-hybridized carbons (Fsp3) is 0.556. The Bertz CT molecular complexity index is 623. The molecule has 1 aliphatic heterocycles. The summed E-state index contributed by atoms with van der Waals surface area (Å²) < 4.78 is 32.6. The third-order valence-electron chi connectivity index (χ3n) is 4.67. The van der Waals surface area contributed by atoms with Crippen LogP contribution in [0.15, 0.2) is 18.2 Å². The number of rotatable bonds is 7. The van der Waals surface area contributed by atoms with E-state index in [1.165, 1.54) is 11.0 Å². The number of hydrogen-bond donors (Lipinski definition) is 2. The summed E-state index contributed by atoms with van der Waals surface area (Å²) in [5.74, 6) is -2.54. The van der Waals surface area contributed by atoms with Crippen molar-refractivity contribution in [2.45, 2.75) is 19.8 Å². The third kappa shape index (κ3) is 4.56. The first-order chi connectivity index (χ1) is 12.4. The molecule has 0 radical (unpaired) electrons. The van der Waals surface area contributed by atoms with E-state index in [-0.39, 0.29) is 19.1 Å². The second-order valence-corrected chi connectivity index (χ2v) is 6.43. The van der Waals surface area contributed by atoms with E-state index in [0.29, 0.717) is 32.5 Å². The minimum Gasteiger partial charge on any atom is -0.384 e. The lowest BCUT2D eigenvalue weighted by molar-refractivity contribution is -0.149. The van der Waals surface area contributed by atoms with Crippen LogP contribution in [-0.4, -0.2) is 56.6 Å². The number of methoxy groups -OCH3 is 1. The molecule has 0 bridgehead atoms. The fourth-order valence-corrected chi connectivity index (χ4v) is 3.23. The molecule has 0 unspecified atom stereocenters. The number of amides is 2. The number of ether oxygens (including phenoxy) is 1. The molecule has 2 amide bonds. The molecule has 0 aromatic heterocycles. The summed E-state index contributed by atoms with van der Waals surface area (Å²) in [6, 6.07) is 3.34. The molecular formula is C18H25F2N3O3. The van der Waals surface area contributed by atoms with Crippen molar-refractivity contribution in [3.63, 3.8) is 0 Å². The quantitative estimate of drug-likeness (QED) is 0.769. The number of anilines is 1. The van der Waals surface area contributed by atoms with E-state index in [1.807, 2.05) is 0 Å². The van der Waals surface area contributed by atoms with Crippen molar-refractivity contribution in [3.05, 3.63) is 29.8 Å². The number of halogens is 2. The van der Waals surface area contributed by atoms with Crippen molar-refractivity contribution in [2.24, 2.45) is 5.41 Å². The van der Waals surface area contributed by atoms with Crippen LogP contribution in [-0.2, 0) is 14.3 Å². The normalized spacial score (nSPS) is 16.2. The summed E-state index contributed by atoms with van der Waals surface area (Å²) in [6.45, 7) is 3.45. The van der Waals surface area contributed by atoms with E-state index in [2.05, 4.69) is 10.6 Å².